The zero-order chi connectivity index (χ0) is 15.2. The zero-order valence-electron chi connectivity index (χ0n) is 13.1. The fourth-order valence-electron chi connectivity index (χ4n) is 2.86. The monoisotopic (exact) mass is 287 g/mol. The van der Waals surface area contributed by atoms with E-state index in [1.165, 1.54) is 5.69 Å². The van der Waals surface area contributed by atoms with Crippen molar-refractivity contribution in [1.82, 2.24) is 14.9 Å². The van der Waals surface area contributed by atoms with Gasteiger partial charge in [0.1, 0.15) is 11.6 Å². The second-order valence-corrected chi connectivity index (χ2v) is 6.77. The molecule has 0 radical (unpaired) electrons. The van der Waals surface area contributed by atoms with Gasteiger partial charge in [0.2, 0.25) is 0 Å². The molecule has 0 aliphatic carbocycles. The Kier molecular flexibility index (Phi) is 3.36. The lowest BCUT2D eigenvalue weighted by molar-refractivity contribution is 0.532. The number of nitrogens with one attached hydrogen (secondary N) is 1. The number of benzene rings is 1. The maximum atomic E-state index is 13.6. The van der Waals surface area contributed by atoms with Crippen LogP contribution >= 0.6 is 0 Å². The van der Waals surface area contributed by atoms with Crippen molar-refractivity contribution >= 4 is 0 Å². The van der Waals surface area contributed by atoms with Gasteiger partial charge in [-0.25, -0.2) is 9.37 Å². The van der Waals surface area contributed by atoms with Gasteiger partial charge in [0.15, 0.2) is 0 Å². The first-order valence-corrected chi connectivity index (χ1v) is 7.46. The predicted molar refractivity (Wildman–Crippen MR) is 82.4 cm³/mol. The first kappa shape index (κ1) is 14.3. The lowest BCUT2D eigenvalue weighted by atomic mass is 9.95. The second-order valence-electron chi connectivity index (χ2n) is 6.77. The summed E-state index contributed by atoms with van der Waals surface area (Å²) in [6, 6.07) is 5.31. The smallest absolute Gasteiger partial charge is 0.126 e. The topological polar surface area (TPSA) is 29.9 Å². The number of hydrogen-bond acceptors (Lipinski definition) is 2. The molecule has 112 valence electrons. The Morgan fingerprint density at radius 3 is 2.71 bits per heavy atom. The van der Waals surface area contributed by atoms with Crippen molar-refractivity contribution in [2.75, 3.05) is 6.54 Å². The molecule has 1 aromatic heterocycles. The van der Waals surface area contributed by atoms with E-state index in [9.17, 15) is 4.39 Å². The summed E-state index contributed by atoms with van der Waals surface area (Å²) < 4.78 is 15.8. The molecule has 1 aliphatic rings. The molecule has 2 heterocycles. The van der Waals surface area contributed by atoms with Gasteiger partial charge in [0, 0.05) is 36.3 Å². The van der Waals surface area contributed by atoms with E-state index < -0.39 is 0 Å². The van der Waals surface area contributed by atoms with Gasteiger partial charge >= 0.3 is 0 Å². The molecule has 1 aromatic carbocycles. The largest absolute Gasteiger partial charge is 0.311 e. The predicted octanol–water partition coefficient (Wildman–Crippen LogP) is 3.26. The number of halogens is 1. The molecule has 3 nitrogen and oxygen atoms in total. The minimum Gasteiger partial charge on any atom is -0.311 e. The lowest BCUT2D eigenvalue weighted by Gasteiger charge is -2.22. The van der Waals surface area contributed by atoms with Crippen LogP contribution in [0.5, 0.6) is 0 Å². The molecular formula is C17H22FN3. The molecule has 2 aromatic rings. The SMILES string of the molecule is Cc1cc(-n2c(C(C)(C)C)nc3c2CCNC3)ccc1F. The third kappa shape index (κ3) is 2.48. The standard InChI is InChI=1S/C17H22FN3/c1-11-9-12(5-6-13(11)18)21-15-7-8-19-10-14(15)20-16(21)17(2,3)4/h5-6,9,19H,7-8,10H2,1-4H3. The van der Waals surface area contributed by atoms with Crippen molar-refractivity contribution < 1.29 is 4.39 Å². The number of aryl methyl sites for hydroxylation is 1. The van der Waals surface area contributed by atoms with Gasteiger partial charge in [-0.3, -0.25) is 4.57 Å². The number of aromatic nitrogens is 2. The van der Waals surface area contributed by atoms with Crippen molar-refractivity contribution in [3.05, 3.63) is 46.8 Å². The molecule has 4 heteroatoms. The quantitative estimate of drug-likeness (QED) is 0.872. The van der Waals surface area contributed by atoms with Crippen LogP contribution in [0.1, 0.15) is 43.5 Å². The van der Waals surface area contributed by atoms with E-state index in [0.29, 0.717) is 5.56 Å². The molecule has 0 unspecified atom stereocenters. The summed E-state index contributed by atoms with van der Waals surface area (Å²) in [5.74, 6) is 0.883. The maximum Gasteiger partial charge on any atom is 0.126 e. The van der Waals surface area contributed by atoms with Crippen LogP contribution in [0.3, 0.4) is 0 Å². The molecule has 0 bridgehead atoms. The molecule has 1 aliphatic heterocycles. The number of imidazole rings is 1. The Balaban J connectivity index is 2.24. The van der Waals surface area contributed by atoms with E-state index in [1.807, 2.05) is 12.1 Å². The summed E-state index contributed by atoms with van der Waals surface area (Å²) >= 11 is 0. The normalized spacial score (nSPS) is 15.1. The summed E-state index contributed by atoms with van der Waals surface area (Å²) in [6.07, 6.45) is 0.953. The summed E-state index contributed by atoms with van der Waals surface area (Å²) in [6.45, 7) is 10.1. The van der Waals surface area contributed by atoms with Crippen molar-refractivity contribution in [2.45, 2.75) is 46.1 Å². The minimum atomic E-state index is -0.160. The molecule has 0 spiro atoms. The molecule has 21 heavy (non-hydrogen) atoms. The van der Waals surface area contributed by atoms with Crippen LogP contribution in [0.2, 0.25) is 0 Å². The Bertz CT molecular complexity index is 680. The van der Waals surface area contributed by atoms with Crippen LogP contribution in [0, 0.1) is 12.7 Å². The number of hydrogen-bond donors (Lipinski definition) is 1. The zero-order valence-corrected chi connectivity index (χ0v) is 13.1. The number of fused-ring (bicyclic) bond motifs is 1. The Hall–Kier alpha value is -1.68. The average Bonchev–Trinajstić information content (AvgIpc) is 2.81. The van der Waals surface area contributed by atoms with E-state index in [-0.39, 0.29) is 11.2 Å². The third-order valence-electron chi connectivity index (χ3n) is 3.96. The van der Waals surface area contributed by atoms with Crippen molar-refractivity contribution in [3.63, 3.8) is 0 Å². The molecule has 3 rings (SSSR count). The van der Waals surface area contributed by atoms with Gasteiger partial charge in [0.25, 0.3) is 0 Å². The average molecular weight is 287 g/mol. The van der Waals surface area contributed by atoms with Gasteiger partial charge < -0.3 is 5.32 Å². The summed E-state index contributed by atoms with van der Waals surface area (Å²) in [5, 5.41) is 3.37. The maximum absolute atomic E-state index is 13.6. The summed E-state index contributed by atoms with van der Waals surface area (Å²) in [5.41, 5.74) is 4.00. The molecule has 0 saturated heterocycles. The highest BCUT2D eigenvalue weighted by Gasteiger charge is 2.27. The first-order chi connectivity index (χ1) is 9.88. The highest BCUT2D eigenvalue weighted by molar-refractivity contribution is 5.42. The van der Waals surface area contributed by atoms with Gasteiger partial charge in [-0.15, -0.1) is 0 Å². The van der Waals surface area contributed by atoms with Crippen LogP contribution in [0.25, 0.3) is 5.69 Å². The van der Waals surface area contributed by atoms with Crippen LogP contribution in [-0.2, 0) is 18.4 Å². The van der Waals surface area contributed by atoms with Gasteiger partial charge in [0.05, 0.1) is 5.69 Å². The van der Waals surface area contributed by atoms with E-state index in [2.05, 4.69) is 30.7 Å². The fourth-order valence-corrected chi connectivity index (χ4v) is 2.86. The van der Waals surface area contributed by atoms with Crippen LogP contribution < -0.4 is 5.32 Å². The molecule has 0 atom stereocenters. The van der Waals surface area contributed by atoms with Gasteiger partial charge in [-0.05, 0) is 30.7 Å². The minimum absolute atomic E-state index is 0.0559. The summed E-state index contributed by atoms with van der Waals surface area (Å²) in [7, 11) is 0. The molecule has 1 N–H and O–H groups in total. The van der Waals surface area contributed by atoms with E-state index in [4.69, 9.17) is 4.98 Å². The second kappa shape index (κ2) is 4.95. The van der Waals surface area contributed by atoms with Crippen molar-refractivity contribution in [2.24, 2.45) is 0 Å². The van der Waals surface area contributed by atoms with Crippen LogP contribution in [0.4, 0.5) is 4.39 Å². The molecule has 0 fully saturated rings. The molecule has 0 amide bonds. The van der Waals surface area contributed by atoms with Gasteiger partial charge in [-0.2, -0.15) is 0 Å². The molecule has 0 saturated carbocycles. The number of nitrogens with zero attached hydrogens (tertiary/aromatic N) is 2. The van der Waals surface area contributed by atoms with Crippen LogP contribution in [-0.4, -0.2) is 16.1 Å². The Morgan fingerprint density at radius 1 is 1.29 bits per heavy atom. The number of rotatable bonds is 1. The highest BCUT2D eigenvalue weighted by Crippen LogP contribution is 2.30. The Labute approximate surface area is 125 Å². The highest BCUT2D eigenvalue weighted by atomic mass is 19.1. The third-order valence-corrected chi connectivity index (χ3v) is 3.96. The van der Waals surface area contributed by atoms with Crippen LogP contribution in [0.15, 0.2) is 18.2 Å². The van der Waals surface area contributed by atoms with E-state index in [0.717, 1.165) is 36.7 Å². The molecular weight excluding hydrogens is 265 g/mol. The lowest BCUT2D eigenvalue weighted by Crippen LogP contribution is -2.25. The Morgan fingerprint density at radius 2 is 2.05 bits per heavy atom. The first-order valence-electron chi connectivity index (χ1n) is 7.46. The van der Waals surface area contributed by atoms with Gasteiger partial charge in [-0.1, -0.05) is 20.8 Å². The van der Waals surface area contributed by atoms with Crippen molar-refractivity contribution in [1.29, 1.82) is 0 Å². The summed E-state index contributed by atoms with van der Waals surface area (Å²) in [4.78, 5) is 4.86. The van der Waals surface area contributed by atoms with Crippen molar-refractivity contribution in [3.8, 4) is 5.69 Å². The van der Waals surface area contributed by atoms with E-state index in [1.54, 1.807) is 13.0 Å². The fraction of sp³-hybridized carbons (Fsp3) is 0.471. The van der Waals surface area contributed by atoms with E-state index >= 15 is 0 Å².